The third-order valence-corrected chi connectivity index (χ3v) is 6.04. The molecule has 1 aromatic carbocycles. The van der Waals surface area contributed by atoms with Crippen molar-refractivity contribution in [1.29, 1.82) is 0 Å². The van der Waals surface area contributed by atoms with Crippen LogP contribution in [0.4, 0.5) is 11.4 Å². The molecule has 0 bridgehead atoms. The zero-order valence-corrected chi connectivity index (χ0v) is 19.1. The second kappa shape index (κ2) is 8.67. The normalized spacial score (nSPS) is 15.1. The summed E-state index contributed by atoms with van der Waals surface area (Å²) in [6.07, 6.45) is 1.74. The molecule has 31 heavy (non-hydrogen) atoms. The van der Waals surface area contributed by atoms with Crippen molar-refractivity contribution < 1.29 is 4.79 Å². The van der Waals surface area contributed by atoms with E-state index >= 15 is 0 Å². The molecule has 0 radical (unpaired) electrons. The number of benzene rings is 1. The lowest BCUT2D eigenvalue weighted by Gasteiger charge is -2.36. The molecule has 0 saturated carbocycles. The number of piperazine rings is 1. The number of pyridine rings is 1. The summed E-state index contributed by atoms with van der Waals surface area (Å²) < 4.78 is 1.86. The molecule has 4 rings (SSSR count). The lowest BCUT2D eigenvalue weighted by atomic mass is 10.1. The van der Waals surface area contributed by atoms with E-state index in [1.165, 1.54) is 11.3 Å². The SMILES string of the molecule is CCN1CCN(c2ccc(NC(=O)c3cc(C)nc4c3cnn4C(C)C)cc2C)CC1. The van der Waals surface area contributed by atoms with Crippen LogP contribution in [0.5, 0.6) is 0 Å². The van der Waals surface area contributed by atoms with Crippen LogP contribution >= 0.6 is 0 Å². The van der Waals surface area contributed by atoms with Crippen molar-refractivity contribution in [2.75, 3.05) is 42.9 Å². The molecule has 7 heteroatoms. The third-order valence-electron chi connectivity index (χ3n) is 6.04. The van der Waals surface area contributed by atoms with Crippen LogP contribution in [0.1, 0.15) is 48.4 Å². The first kappa shape index (κ1) is 21.3. The minimum atomic E-state index is -0.137. The molecule has 2 aromatic heterocycles. The number of carbonyl (C=O) groups excluding carboxylic acids is 1. The van der Waals surface area contributed by atoms with Crippen LogP contribution in [-0.4, -0.2) is 58.3 Å². The number of carbonyl (C=O) groups is 1. The summed E-state index contributed by atoms with van der Waals surface area (Å²) in [5.74, 6) is -0.137. The molecular weight excluding hydrogens is 388 g/mol. The Labute approximate surface area is 184 Å². The number of aryl methyl sites for hydroxylation is 2. The average molecular weight is 421 g/mol. The Hall–Kier alpha value is -2.93. The number of amides is 1. The number of aromatic nitrogens is 3. The highest BCUT2D eigenvalue weighted by Crippen LogP contribution is 2.26. The van der Waals surface area contributed by atoms with Crippen LogP contribution in [0.2, 0.25) is 0 Å². The van der Waals surface area contributed by atoms with Crippen molar-refractivity contribution in [1.82, 2.24) is 19.7 Å². The minimum absolute atomic E-state index is 0.137. The summed E-state index contributed by atoms with van der Waals surface area (Å²) in [4.78, 5) is 22.6. The Morgan fingerprint density at radius 1 is 1.13 bits per heavy atom. The van der Waals surface area contributed by atoms with Crippen molar-refractivity contribution in [3.8, 4) is 0 Å². The van der Waals surface area contributed by atoms with E-state index in [0.717, 1.165) is 55.1 Å². The summed E-state index contributed by atoms with van der Waals surface area (Å²) in [7, 11) is 0. The van der Waals surface area contributed by atoms with Gasteiger partial charge < -0.3 is 15.1 Å². The van der Waals surface area contributed by atoms with Gasteiger partial charge in [0.05, 0.1) is 17.1 Å². The van der Waals surface area contributed by atoms with E-state index in [-0.39, 0.29) is 11.9 Å². The quantitative estimate of drug-likeness (QED) is 0.675. The number of anilines is 2. The second-order valence-corrected chi connectivity index (χ2v) is 8.61. The van der Waals surface area contributed by atoms with Gasteiger partial charge in [0.15, 0.2) is 5.65 Å². The van der Waals surface area contributed by atoms with Gasteiger partial charge in [-0.15, -0.1) is 0 Å². The van der Waals surface area contributed by atoms with Crippen molar-refractivity contribution in [2.45, 2.75) is 40.7 Å². The Bertz CT molecular complexity index is 1090. The number of nitrogens with zero attached hydrogens (tertiary/aromatic N) is 5. The molecule has 164 valence electrons. The predicted octanol–water partition coefficient (Wildman–Crippen LogP) is 4.02. The monoisotopic (exact) mass is 420 g/mol. The first-order chi connectivity index (χ1) is 14.9. The lowest BCUT2D eigenvalue weighted by Crippen LogP contribution is -2.46. The van der Waals surface area contributed by atoms with Gasteiger partial charge in [-0.2, -0.15) is 5.10 Å². The molecule has 0 atom stereocenters. The standard InChI is InChI=1S/C24H32N6O/c1-6-28-9-11-29(12-10-28)22-8-7-19(13-17(22)4)27-24(31)20-14-18(5)26-23-21(20)15-25-30(23)16(2)3/h7-8,13-16H,6,9-12H2,1-5H3,(H,27,31). The Morgan fingerprint density at radius 3 is 2.52 bits per heavy atom. The molecule has 1 N–H and O–H groups in total. The molecule has 7 nitrogen and oxygen atoms in total. The highest BCUT2D eigenvalue weighted by atomic mass is 16.1. The first-order valence-electron chi connectivity index (χ1n) is 11.1. The van der Waals surface area contributed by atoms with E-state index in [4.69, 9.17) is 0 Å². The number of rotatable bonds is 5. The van der Waals surface area contributed by atoms with Crippen LogP contribution < -0.4 is 10.2 Å². The zero-order valence-electron chi connectivity index (χ0n) is 19.1. The molecule has 1 aliphatic heterocycles. The maximum absolute atomic E-state index is 13.1. The Morgan fingerprint density at radius 2 is 1.87 bits per heavy atom. The number of hydrogen-bond acceptors (Lipinski definition) is 5. The second-order valence-electron chi connectivity index (χ2n) is 8.61. The van der Waals surface area contributed by atoms with Gasteiger partial charge in [0.2, 0.25) is 0 Å². The maximum atomic E-state index is 13.1. The van der Waals surface area contributed by atoms with Crippen molar-refractivity contribution in [3.05, 3.63) is 47.3 Å². The fraction of sp³-hybridized carbons (Fsp3) is 0.458. The van der Waals surface area contributed by atoms with Crippen LogP contribution in [0.15, 0.2) is 30.5 Å². The molecule has 1 saturated heterocycles. The van der Waals surface area contributed by atoms with E-state index in [0.29, 0.717) is 5.56 Å². The van der Waals surface area contributed by atoms with Gasteiger partial charge in [0, 0.05) is 49.3 Å². The van der Waals surface area contributed by atoms with Crippen molar-refractivity contribution in [2.24, 2.45) is 0 Å². The molecule has 3 aromatic rings. The van der Waals surface area contributed by atoms with Gasteiger partial charge in [-0.1, -0.05) is 6.92 Å². The molecule has 1 aliphatic rings. The number of nitrogens with one attached hydrogen (secondary N) is 1. The van der Waals surface area contributed by atoms with Crippen molar-refractivity contribution in [3.63, 3.8) is 0 Å². The molecule has 0 aliphatic carbocycles. The van der Waals surface area contributed by atoms with Gasteiger partial charge in [0.1, 0.15) is 0 Å². The number of likely N-dealkylation sites (N-methyl/N-ethyl adjacent to an activating group) is 1. The third kappa shape index (κ3) is 4.28. The van der Waals surface area contributed by atoms with Crippen LogP contribution in [-0.2, 0) is 0 Å². The molecule has 0 unspecified atom stereocenters. The van der Waals surface area contributed by atoms with Gasteiger partial charge in [0.25, 0.3) is 5.91 Å². The highest BCUT2D eigenvalue weighted by molar-refractivity contribution is 6.12. The highest BCUT2D eigenvalue weighted by Gasteiger charge is 2.19. The van der Waals surface area contributed by atoms with Gasteiger partial charge in [-0.3, -0.25) is 4.79 Å². The molecule has 1 amide bonds. The van der Waals surface area contributed by atoms with E-state index in [9.17, 15) is 4.79 Å². The molecular formula is C24H32N6O. The van der Waals surface area contributed by atoms with Crippen LogP contribution in [0, 0.1) is 13.8 Å². The Kier molecular flexibility index (Phi) is 5.96. The van der Waals surface area contributed by atoms with Crippen LogP contribution in [0.25, 0.3) is 11.0 Å². The van der Waals surface area contributed by atoms with Gasteiger partial charge in [-0.05, 0) is 64.1 Å². The van der Waals surface area contributed by atoms with E-state index in [1.54, 1.807) is 6.20 Å². The number of fused-ring (bicyclic) bond motifs is 1. The summed E-state index contributed by atoms with van der Waals surface area (Å²) >= 11 is 0. The topological polar surface area (TPSA) is 66.3 Å². The van der Waals surface area contributed by atoms with E-state index < -0.39 is 0 Å². The lowest BCUT2D eigenvalue weighted by molar-refractivity contribution is 0.102. The van der Waals surface area contributed by atoms with Gasteiger partial charge >= 0.3 is 0 Å². The zero-order chi connectivity index (χ0) is 22.1. The predicted molar refractivity (Wildman–Crippen MR) is 126 cm³/mol. The number of hydrogen-bond donors (Lipinski definition) is 1. The van der Waals surface area contributed by atoms with Gasteiger partial charge in [-0.25, -0.2) is 9.67 Å². The minimum Gasteiger partial charge on any atom is -0.369 e. The first-order valence-corrected chi connectivity index (χ1v) is 11.1. The average Bonchev–Trinajstić information content (AvgIpc) is 3.17. The Balaban J connectivity index is 1.55. The van der Waals surface area contributed by atoms with E-state index in [1.807, 2.05) is 23.7 Å². The summed E-state index contributed by atoms with van der Waals surface area (Å²) in [5, 5.41) is 8.29. The smallest absolute Gasteiger partial charge is 0.256 e. The fourth-order valence-corrected chi connectivity index (χ4v) is 4.30. The largest absolute Gasteiger partial charge is 0.369 e. The van der Waals surface area contributed by atoms with Crippen molar-refractivity contribution >= 4 is 28.3 Å². The summed E-state index contributed by atoms with van der Waals surface area (Å²) in [5.41, 5.74) is 5.38. The molecule has 1 fully saturated rings. The molecule has 0 spiro atoms. The fourth-order valence-electron chi connectivity index (χ4n) is 4.30. The maximum Gasteiger partial charge on any atom is 0.256 e. The van der Waals surface area contributed by atoms with E-state index in [2.05, 4.69) is 65.0 Å². The van der Waals surface area contributed by atoms with Crippen LogP contribution in [0.3, 0.4) is 0 Å². The molecule has 3 heterocycles. The summed E-state index contributed by atoms with van der Waals surface area (Å²) in [6.45, 7) is 15.7. The summed E-state index contributed by atoms with van der Waals surface area (Å²) in [6, 6.07) is 8.18.